The van der Waals surface area contributed by atoms with Gasteiger partial charge in [-0.25, -0.2) is 0 Å². The number of aliphatic hydroxyl groups excluding tert-OH is 2. The predicted molar refractivity (Wildman–Crippen MR) is 114 cm³/mol. The summed E-state index contributed by atoms with van der Waals surface area (Å²) in [7, 11) is 0. The monoisotopic (exact) mass is 424 g/mol. The maximum absolute atomic E-state index is 12.8. The fraction of sp³-hybridized carbons (Fsp3) is 0.909. The molecule has 2 saturated carbocycles. The van der Waals surface area contributed by atoms with E-state index in [1.54, 1.807) is 11.8 Å². The topological polar surface area (TPSA) is 81.1 Å². The Morgan fingerprint density at radius 2 is 1.14 bits per heavy atom. The van der Waals surface area contributed by atoms with Crippen molar-refractivity contribution in [3.63, 3.8) is 0 Å². The van der Waals surface area contributed by atoms with E-state index in [9.17, 15) is 19.8 Å². The van der Waals surface area contributed by atoms with Gasteiger partial charge in [0.15, 0.2) is 0 Å². The summed E-state index contributed by atoms with van der Waals surface area (Å²) in [6.07, 6.45) is 9.80. The Kier molecular flexibility index (Phi) is 6.47. The van der Waals surface area contributed by atoms with Crippen molar-refractivity contribution in [1.29, 1.82) is 0 Å². The third-order valence-electron chi connectivity index (χ3n) is 8.03. The summed E-state index contributed by atoms with van der Waals surface area (Å²) in [6.45, 7) is 1.37. The molecule has 7 heteroatoms. The first-order valence-electron chi connectivity index (χ1n) is 11.5. The van der Waals surface area contributed by atoms with Gasteiger partial charge in [0.1, 0.15) is 0 Å². The lowest BCUT2D eigenvalue weighted by Crippen LogP contribution is -2.51. The zero-order chi connectivity index (χ0) is 20.5. The van der Waals surface area contributed by atoms with Crippen molar-refractivity contribution < 1.29 is 19.8 Å². The number of likely N-dealkylation sites (tertiary alicyclic amines) is 2. The summed E-state index contributed by atoms with van der Waals surface area (Å²) in [4.78, 5) is 29.5. The van der Waals surface area contributed by atoms with Gasteiger partial charge in [0.2, 0.25) is 11.8 Å². The molecule has 2 spiro atoms. The van der Waals surface area contributed by atoms with E-state index in [-0.39, 0.29) is 35.1 Å². The van der Waals surface area contributed by atoms with E-state index < -0.39 is 0 Å². The standard InChI is InChI=1S/C22H36N2O4S/c25-17-5-13-23(21(17)9-1-2-10-21)19(27)7-15-29-16-8-20(28)24-14-6-18(26)22(24)11-3-4-12-22/h17-18,25-26H,1-16H2. The highest BCUT2D eigenvalue weighted by Gasteiger charge is 2.52. The van der Waals surface area contributed by atoms with Crippen LogP contribution in [-0.2, 0) is 9.59 Å². The van der Waals surface area contributed by atoms with Crippen LogP contribution >= 0.6 is 11.8 Å². The quantitative estimate of drug-likeness (QED) is 0.640. The molecule has 0 aromatic heterocycles. The summed E-state index contributed by atoms with van der Waals surface area (Å²) in [6, 6.07) is 0. The Morgan fingerprint density at radius 3 is 1.52 bits per heavy atom. The summed E-state index contributed by atoms with van der Waals surface area (Å²) in [5.41, 5.74) is -0.576. The molecule has 2 aliphatic carbocycles. The smallest absolute Gasteiger partial charge is 0.223 e. The molecule has 4 aliphatic rings. The number of rotatable bonds is 6. The highest BCUT2D eigenvalue weighted by Crippen LogP contribution is 2.44. The lowest BCUT2D eigenvalue weighted by atomic mass is 9.91. The summed E-state index contributed by atoms with van der Waals surface area (Å²) >= 11 is 1.67. The predicted octanol–water partition coefficient (Wildman–Crippen LogP) is 2.31. The molecule has 164 valence electrons. The molecule has 2 N–H and O–H groups in total. The largest absolute Gasteiger partial charge is 0.391 e. The van der Waals surface area contributed by atoms with E-state index in [1.165, 1.54) is 0 Å². The van der Waals surface area contributed by atoms with Crippen LogP contribution in [0.4, 0.5) is 0 Å². The van der Waals surface area contributed by atoms with Crippen LogP contribution in [0.15, 0.2) is 0 Å². The van der Waals surface area contributed by atoms with Crippen molar-refractivity contribution in [2.24, 2.45) is 0 Å². The molecule has 29 heavy (non-hydrogen) atoms. The number of aliphatic hydroxyl groups is 2. The summed E-state index contributed by atoms with van der Waals surface area (Å²) < 4.78 is 0. The Bertz CT molecular complexity index is 564. The minimum Gasteiger partial charge on any atom is -0.391 e. The van der Waals surface area contributed by atoms with Gasteiger partial charge >= 0.3 is 0 Å². The van der Waals surface area contributed by atoms with E-state index in [0.29, 0.717) is 38.8 Å². The molecule has 0 aromatic rings. The van der Waals surface area contributed by atoms with Crippen LogP contribution < -0.4 is 0 Å². The van der Waals surface area contributed by atoms with Crippen LogP contribution in [0.25, 0.3) is 0 Å². The molecule has 4 rings (SSSR count). The number of thioether (sulfide) groups is 1. The Labute approximate surface area is 178 Å². The average Bonchev–Trinajstić information content (AvgIpc) is 3.48. The van der Waals surface area contributed by atoms with Crippen LogP contribution in [0.5, 0.6) is 0 Å². The summed E-state index contributed by atoms with van der Waals surface area (Å²) in [5, 5.41) is 20.8. The first-order valence-corrected chi connectivity index (χ1v) is 12.7. The lowest BCUT2D eigenvalue weighted by Gasteiger charge is -2.37. The average molecular weight is 425 g/mol. The van der Waals surface area contributed by atoms with Gasteiger partial charge in [0.25, 0.3) is 0 Å². The molecule has 0 radical (unpaired) electrons. The molecule has 2 atom stereocenters. The van der Waals surface area contributed by atoms with Crippen LogP contribution in [0.2, 0.25) is 0 Å². The molecule has 0 aromatic carbocycles. The van der Waals surface area contributed by atoms with Crippen molar-refractivity contribution in [3.8, 4) is 0 Å². The normalized spacial score (nSPS) is 30.1. The number of hydrogen-bond donors (Lipinski definition) is 2. The number of hydrogen-bond acceptors (Lipinski definition) is 5. The van der Waals surface area contributed by atoms with Crippen molar-refractivity contribution in [3.05, 3.63) is 0 Å². The zero-order valence-corrected chi connectivity index (χ0v) is 18.3. The highest BCUT2D eigenvalue weighted by atomic mass is 32.2. The highest BCUT2D eigenvalue weighted by molar-refractivity contribution is 7.99. The maximum Gasteiger partial charge on any atom is 0.223 e. The van der Waals surface area contributed by atoms with Crippen LogP contribution in [0.1, 0.15) is 77.0 Å². The molecule has 6 nitrogen and oxygen atoms in total. The molecule has 2 amide bonds. The second-order valence-electron chi connectivity index (χ2n) is 9.43. The Hall–Kier alpha value is -0.790. The van der Waals surface area contributed by atoms with E-state index in [2.05, 4.69) is 0 Å². The molecule has 2 heterocycles. The van der Waals surface area contributed by atoms with Gasteiger partial charge in [-0.15, -0.1) is 0 Å². The molecular formula is C22H36N2O4S. The fourth-order valence-electron chi connectivity index (χ4n) is 6.46. The lowest BCUT2D eigenvalue weighted by molar-refractivity contribution is -0.137. The summed E-state index contributed by atoms with van der Waals surface area (Å²) in [5.74, 6) is 1.77. The van der Waals surface area contributed by atoms with Crippen LogP contribution in [0.3, 0.4) is 0 Å². The second-order valence-corrected chi connectivity index (χ2v) is 10.7. The van der Waals surface area contributed by atoms with Gasteiger partial charge in [-0.2, -0.15) is 11.8 Å². The van der Waals surface area contributed by atoms with Gasteiger partial charge in [-0.3, -0.25) is 9.59 Å². The second kappa shape index (κ2) is 8.75. The number of nitrogens with zero attached hydrogens (tertiary/aromatic N) is 2. The van der Waals surface area contributed by atoms with Crippen molar-refractivity contribution in [2.75, 3.05) is 24.6 Å². The number of amides is 2. The van der Waals surface area contributed by atoms with Gasteiger partial charge in [0, 0.05) is 37.4 Å². The molecule has 2 saturated heterocycles. The molecule has 0 bridgehead atoms. The van der Waals surface area contributed by atoms with Gasteiger partial charge < -0.3 is 20.0 Å². The van der Waals surface area contributed by atoms with Gasteiger partial charge in [-0.1, -0.05) is 25.7 Å². The van der Waals surface area contributed by atoms with Gasteiger partial charge in [0.05, 0.1) is 23.3 Å². The minimum atomic E-state index is -0.363. The van der Waals surface area contributed by atoms with Crippen molar-refractivity contribution in [2.45, 2.75) is 100 Å². The molecule has 2 aliphatic heterocycles. The van der Waals surface area contributed by atoms with Crippen molar-refractivity contribution in [1.82, 2.24) is 9.80 Å². The molecular weight excluding hydrogens is 388 g/mol. The number of carbonyl (C=O) groups is 2. The number of carbonyl (C=O) groups excluding carboxylic acids is 2. The fourth-order valence-corrected chi connectivity index (χ4v) is 7.31. The molecule has 2 unspecified atom stereocenters. The molecule has 4 fully saturated rings. The van der Waals surface area contributed by atoms with E-state index in [1.807, 2.05) is 9.80 Å². The van der Waals surface area contributed by atoms with Gasteiger partial charge in [-0.05, 0) is 38.5 Å². The maximum atomic E-state index is 12.8. The Morgan fingerprint density at radius 1 is 0.759 bits per heavy atom. The van der Waals surface area contributed by atoms with E-state index in [4.69, 9.17) is 0 Å². The van der Waals surface area contributed by atoms with Crippen LogP contribution in [0, 0.1) is 0 Å². The first-order chi connectivity index (χ1) is 14.0. The zero-order valence-electron chi connectivity index (χ0n) is 17.5. The van der Waals surface area contributed by atoms with E-state index in [0.717, 1.165) is 62.9 Å². The third-order valence-corrected chi connectivity index (χ3v) is 9.01. The van der Waals surface area contributed by atoms with Crippen molar-refractivity contribution >= 4 is 23.6 Å². The van der Waals surface area contributed by atoms with E-state index >= 15 is 0 Å². The van der Waals surface area contributed by atoms with Crippen LogP contribution in [-0.4, -0.2) is 79.7 Å². The first kappa shape index (κ1) is 21.4. The third kappa shape index (κ3) is 3.83. The SMILES string of the molecule is O=C(CCSCCC(=O)N1CCC(O)C12CCCC2)N1CCC(O)C12CCCC2. The Balaban J connectivity index is 1.19. The minimum absolute atomic E-state index is 0.162.